The Hall–Kier alpha value is -0.400. The molecule has 2 atom stereocenters. The molecule has 0 aromatic carbocycles. The second-order valence-corrected chi connectivity index (χ2v) is 7.39. The highest BCUT2D eigenvalue weighted by Crippen LogP contribution is 2.32. The third-order valence-corrected chi connectivity index (χ3v) is 5.83. The molecule has 0 heterocycles. The highest BCUT2D eigenvalue weighted by molar-refractivity contribution is 4.98. The van der Waals surface area contributed by atoms with E-state index in [-0.39, 0.29) is 64.9 Å². The predicted molar refractivity (Wildman–Crippen MR) is 102 cm³/mol. The van der Waals surface area contributed by atoms with Crippen molar-refractivity contribution in [1.29, 1.82) is 0 Å². The van der Waals surface area contributed by atoms with Crippen LogP contribution >= 0.6 is 0 Å². The van der Waals surface area contributed by atoms with E-state index in [1.54, 1.807) is 9.80 Å². The summed E-state index contributed by atoms with van der Waals surface area (Å²) in [7, 11) is 0. The van der Waals surface area contributed by atoms with Crippen molar-refractivity contribution < 1.29 is 40.9 Å². The molecular formula is C18H38N2O8. The number of nitrogens with zero attached hydrogens (tertiary/aromatic N) is 2. The Kier molecular flexibility index (Phi) is 12.6. The van der Waals surface area contributed by atoms with E-state index in [0.717, 1.165) is 12.8 Å². The molecule has 0 saturated heterocycles. The van der Waals surface area contributed by atoms with E-state index in [2.05, 4.69) is 0 Å². The van der Waals surface area contributed by atoms with Gasteiger partial charge in [0.25, 0.3) is 0 Å². The van der Waals surface area contributed by atoms with Crippen molar-refractivity contribution in [3.63, 3.8) is 0 Å². The van der Waals surface area contributed by atoms with Crippen LogP contribution in [-0.4, -0.2) is 140 Å². The first-order chi connectivity index (χ1) is 13.6. The van der Waals surface area contributed by atoms with Crippen LogP contribution in [0.5, 0.6) is 0 Å². The molecule has 1 rings (SSSR count). The lowest BCUT2D eigenvalue weighted by Gasteiger charge is -2.52. The van der Waals surface area contributed by atoms with Gasteiger partial charge in [-0.05, 0) is 12.8 Å². The number of aliphatic hydroxyl groups excluding tert-OH is 8. The number of hydrogen-bond acceptors (Lipinski definition) is 10. The molecule has 0 unspecified atom stereocenters. The van der Waals surface area contributed by atoms with E-state index in [9.17, 15) is 40.9 Å². The molecule has 28 heavy (non-hydrogen) atoms. The Balaban J connectivity index is 3.36. The maximum atomic E-state index is 9.76. The first kappa shape index (κ1) is 25.6. The van der Waals surface area contributed by atoms with Crippen LogP contribution in [0.4, 0.5) is 0 Å². The molecule has 1 aliphatic carbocycles. The maximum absolute atomic E-state index is 9.76. The van der Waals surface area contributed by atoms with Crippen molar-refractivity contribution in [2.75, 3.05) is 52.9 Å². The van der Waals surface area contributed by atoms with Gasteiger partial charge in [0, 0.05) is 12.1 Å². The second-order valence-electron chi connectivity index (χ2n) is 7.39. The summed E-state index contributed by atoms with van der Waals surface area (Å²) >= 11 is 0. The zero-order chi connectivity index (χ0) is 21.1. The van der Waals surface area contributed by atoms with E-state index >= 15 is 0 Å². The Morgan fingerprint density at radius 3 is 0.857 bits per heavy atom. The third kappa shape index (κ3) is 6.05. The zero-order valence-corrected chi connectivity index (χ0v) is 16.4. The molecule has 10 nitrogen and oxygen atoms in total. The van der Waals surface area contributed by atoms with E-state index < -0.39 is 24.2 Å². The monoisotopic (exact) mass is 410 g/mol. The van der Waals surface area contributed by atoms with Crippen molar-refractivity contribution in [2.24, 2.45) is 0 Å². The van der Waals surface area contributed by atoms with Crippen LogP contribution in [0.15, 0.2) is 0 Å². The summed E-state index contributed by atoms with van der Waals surface area (Å²) < 4.78 is 0. The largest absolute Gasteiger partial charge is 0.395 e. The van der Waals surface area contributed by atoms with Gasteiger partial charge in [0.05, 0.1) is 77.0 Å². The molecule has 0 aromatic rings. The molecule has 10 heteroatoms. The minimum absolute atomic E-state index is 0.330. The van der Waals surface area contributed by atoms with Crippen molar-refractivity contribution >= 4 is 0 Å². The standard InChI is InChI=1S/C18H38N2O8/c21-5-13(6-22)19(14(7-23)8-24)17-3-1-2-4-18(17)20(15(9-25)10-26)16(11-27)12-28/h13-18,21-28H,1-12H2/t17-,18-/m0/s1. The minimum Gasteiger partial charge on any atom is -0.395 e. The van der Waals surface area contributed by atoms with E-state index in [1.807, 2.05) is 0 Å². The van der Waals surface area contributed by atoms with Gasteiger partial charge in [0.1, 0.15) is 0 Å². The van der Waals surface area contributed by atoms with Gasteiger partial charge >= 0.3 is 0 Å². The lowest BCUT2D eigenvalue weighted by Crippen LogP contribution is -2.66. The summed E-state index contributed by atoms with van der Waals surface area (Å²) in [5.74, 6) is 0. The fraction of sp³-hybridized carbons (Fsp3) is 1.00. The molecule has 8 N–H and O–H groups in total. The average Bonchev–Trinajstić information content (AvgIpc) is 2.74. The quantitative estimate of drug-likeness (QED) is 0.143. The summed E-state index contributed by atoms with van der Waals surface area (Å²) in [5.41, 5.74) is 0. The molecule has 0 radical (unpaired) electrons. The van der Waals surface area contributed by atoms with E-state index in [4.69, 9.17) is 0 Å². The predicted octanol–water partition coefficient (Wildman–Crippen LogP) is -3.69. The highest BCUT2D eigenvalue weighted by Gasteiger charge is 2.43. The molecular weight excluding hydrogens is 372 g/mol. The number of rotatable bonds is 14. The molecule has 1 aliphatic rings. The molecule has 0 bridgehead atoms. The Morgan fingerprint density at radius 2 is 0.679 bits per heavy atom. The summed E-state index contributed by atoms with van der Waals surface area (Å²) in [6.45, 7) is -2.98. The van der Waals surface area contributed by atoms with Gasteiger partial charge in [-0.15, -0.1) is 0 Å². The number of hydrogen-bond donors (Lipinski definition) is 8. The molecule has 168 valence electrons. The van der Waals surface area contributed by atoms with Crippen molar-refractivity contribution in [1.82, 2.24) is 9.80 Å². The lowest BCUT2D eigenvalue weighted by molar-refractivity contribution is -0.0961. The van der Waals surface area contributed by atoms with E-state index in [0.29, 0.717) is 12.8 Å². The van der Waals surface area contributed by atoms with Crippen molar-refractivity contribution in [3.8, 4) is 0 Å². The zero-order valence-electron chi connectivity index (χ0n) is 16.4. The van der Waals surface area contributed by atoms with Crippen LogP contribution in [0.2, 0.25) is 0 Å². The van der Waals surface area contributed by atoms with Crippen LogP contribution in [0.1, 0.15) is 25.7 Å². The summed E-state index contributed by atoms with van der Waals surface area (Å²) in [4.78, 5) is 3.43. The second kappa shape index (κ2) is 13.8. The molecule has 0 aliphatic heterocycles. The fourth-order valence-corrected chi connectivity index (χ4v) is 4.45. The first-order valence-electron chi connectivity index (χ1n) is 9.99. The van der Waals surface area contributed by atoms with Gasteiger partial charge in [-0.3, -0.25) is 9.80 Å². The molecule has 0 spiro atoms. The highest BCUT2D eigenvalue weighted by atomic mass is 16.3. The third-order valence-electron chi connectivity index (χ3n) is 5.83. The topological polar surface area (TPSA) is 168 Å². The van der Waals surface area contributed by atoms with Crippen molar-refractivity contribution in [3.05, 3.63) is 0 Å². The summed E-state index contributed by atoms with van der Waals surface area (Å²) in [6, 6.07) is -3.49. The van der Waals surface area contributed by atoms with Crippen LogP contribution in [0, 0.1) is 0 Å². The number of aliphatic hydroxyl groups is 8. The fourth-order valence-electron chi connectivity index (χ4n) is 4.45. The Labute approximate surface area is 166 Å². The van der Waals surface area contributed by atoms with Crippen LogP contribution in [0.25, 0.3) is 0 Å². The smallest absolute Gasteiger partial charge is 0.0609 e. The Bertz CT molecular complexity index is 330. The average molecular weight is 411 g/mol. The van der Waals surface area contributed by atoms with Crippen LogP contribution in [-0.2, 0) is 0 Å². The normalized spacial score (nSPS) is 21.2. The minimum atomic E-state index is -0.708. The molecule has 1 fully saturated rings. The molecule has 0 aromatic heterocycles. The van der Waals surface area contributed by atoms with Gasteiger partial charge in [0.15, 0.2) is 0 Å². The maximum Gasteiger partial charge on any atom is 0.0609 e. The lowest BCUT2D eigenvalue weighted by atomic mass is 9.84. The van der Waals surface area contributed by atoms with E-state index in [1.165, 1.54) is 0 Å². The molecule has 1 saturated carbocycles. The first-order valence-corrected chi connectivity index (χ1v) is 9.99. The van der Waals surface area contributed by atoms with Gasteiger partial charge in [0.2, 0.25) is 0 Å². The SMILES string of the molecule is OCC(CO)N(C(CO)CO)[C@H]1CCCC[C@@H]1N(C(CO)CO)C(CO)CO. The van der Waals surface area contributed by atoms with Crippen LogP contribution < -0.4 is 0 Å². The summed E-state index contributed by atoms with van der Waals surface area (Å²) in [5, 5.41) is 78.1. The van der Waals surface area contributed by atoms with Gasteiger partial charge in [-0.25, -0.2) is 0 Å². The van der Waals surface area contributed by atoms with Crippen molar-refractivity contribution in [2.45, 2.75) is 61.9 Å². The van der Waals surface area contributed by atoms with Gasteiger partial charge in [-0.1, -0.05) is 12.8 Å². The van der Waals surface area contributed by atoms with Gasteiger partial charge < -0.3 is 40.9 Å². The Morgan fingerprint density at radius 1 is 0.464 bits per heavy atom. The molecule has 0 amide bonds. The van der Waals surface area contributed by atoms with Gasteiger partial charge in [-0.2, -0.15) is 0 Å². The van der Waals surface area contributed by atoms with Crippen LogP contribution in [0.3, 0.4) is 0 Å². The summed E-state index contributed by atoms with van der Waals surface area (Å²) in [6.07, 6.45) is 2.98.